The summed E-state index contributed by atoms with van der Waals surface area (Å²) in [6.45, 7) is 5.91. The molecule has 3 heteroatoms. The Hall–Kier alpha value is -1.51. The number of anilines is 2. The number of nitrogens with one attached hydrogen (secondary N) is 1. The smallest absolute Gasteiger partial charge is 0.227 e. The van der Waals surface area contributed by atoms with E-state index in [0.29, 0.717) is 6.42 Å². The van der Waals surface area contributed by atoms with Crippen LogP contribution in [0.5, 0.6) is 0 Å². The third-order valence-corrected chi connectivity index (χ3v) is 2.94. The van der Waals surface area contributed by atoms with Gasteiger partial charge in [0.05, 0.1) is 0 Å². The zero-order valence-corrected chi connectivity index (χ0v) is 9.92. The van der Waals surface area contributed by atoms with Crippen LogP contribution in [0.3, 0.4) is 0 Å². The molecule has 1 fully saturated rings. The Balaban J connectivity index is 2.25. The molecule has 1 N–H and O–H groups in total. The largest absolute Gasteiger partial charge is 0.385 e. The first-order valence-corrected chi connectivity index (χ1v) is 5.87. The van der Waals surface area contributed by atoms with Crippen molar-refractivity contribution in [2.45, 2.75) is 26.7 Å². The molecule has 1 aromatic rings. The SMILES string of the molecule is CCNc1ccc(N2CCCC2=O)c(C)c1. The fourth-order valence-corrected chi connectivity index (χ4v) is 2.18. The molecule has 86 valence electrons. The van der Waals surface area contributed by atoms with Gasteiger partial charge in [0.1, 0.15) is 0 Å². The van der Waals surface area contributed by atoms with E-state index >= 15 is 0 Å². The number of benzene rings is 1. The summed E-state index contributed by atoms with van der Waals surface area (Å²) in [6.07, 6.45) is 1.67. The molecular formula is C13H18N2O. The number of rotatable bonds is 3. The molecule has 0 bridgehead atoms. The summed E-state index contributed by atoms with van der Waals surface area (Å²) in [7, 11) is 0. The van der Waals surface area contributed by atoms with Gasteiger partial charge in [0.2, 0.25) is 5.91 Å². The molecule has 16 heavy (non-hydrogen) atoms. The number of hydrogen-bond donors (Lipinski definition) is 1. The van der Waals surface area contributed by atoms with Gasteiger partial charge in [-0.25, -0.2) is 0 Å². The summed E-state index contributed by atoms with van der Waals surface area (Å²) in [4.78, 5) is 13.5. The molecule has 1 saturated heterocycles. The highest BCUT2D eigenvalue weighted by molar-refractivity contribution is 5.96. The molecule has 0 aromatic heterocycles. The quantitative estimate of drug-likeness (QED) is 0.845. The van der Waals surface area contributed by atoms with Crippen LogP contribution >= 0.6 is 0 Å². The van der Waals surface area contributed by atoms with Gasteiger partial charge in [-0.15, -0.1) is 0 Å². The van der Waals surface area contributed by atoms with Crippen molar-refractivity contribution in [2.75, 3.05) is 23.3 Å². The van der Waals surface area contributed by atoms with Gasteiger partial charge in [0.15, 0.2) is 0 Å². The lowest BCUT2D eigenvalue weighted by atomic mass is 10.1. The fraction of sp³-hybridized carbons (Fsp3) is 0.462. The molecule has 0 saturated carbocycles. The standard InChI is InChI=1S/C13H18N2O/c1-3-14-11-6-7-12(10(2)9-11)15-8-4-5-13(15)16/h6-7,9,14H,3-5,8H2,1-2H3. The molecule has 1 heterocycles. The molecule has 1 aromatic carbocycles. The zero-order valence-electron chi connectivity index (χ0n) is 9.92. The number of carbonyl (C=O) groups excluding carboxylic acids is 1. The van der Waals surface area contributed by atoms with Crippen LogP contribution in [-0.2, 0) is 4.79 Å². The Bertz CT molecular complexity index is 401. The first-order chi connectivity index (χ1) is 7.72. The minimum absolute atomic E-state index is 0.249. The van der Waals surface area contributed by atoms with Crippen molar-refractivity contribution in [2.24, 2.45) is 0 Å². The summed E-state index contributed by atoms with van der Waals surface area (Å²) in [6, 6.07) is 6.18. The van der Waals surface area contributed by atoms with Crippen LogP contribution in [0.2, 0.25) is 0 Å². The van der Waals surface area contributed by atoms with Gasteiger partial charge in [0, 0.05) is 30.9 Å². The van der Waals surface area contributed by atoms with E-state index in [2.05, 4.69) is 25.2 Å². The highest BCUT2D eigenvalue weighted by Crippen LogP contribution is 2.27. The van der Waals surface area contributed by atoms with Crippen molar-refractivity contribution in [3.63, 3.8) is 0 Å². The maximum Gasteiger partial charge on any atom is 0.227 e. The Morgan fingerprint density at radius 1 is 1.44 bits per heavy atom. The highest BCUT2D eigenvalue weighted by atomic mass is 16.2. The fourth-order valence-electron chi connectivity index (χ4n) is 2.18. The van der Waals surface area contributed by atoms with Crippen LogP contribution in [0, 0.1) is 6.92 Å². The van der Waals surface area contributed by atoms with Crippen LogP contribution in [0.25, 0.3) is 0 Å². The molecule has 0 aliphatic carbocycles. The molecule has 1 aliphatic rings. The minimum Gasteiger partial charge on any atom is -0.385 e. The molecule has 3 nitrogen and oxygen atoms in total. The molecule has 0 atom stereocenters. The van der Waals surface area contributed by atoms with Gasteiger partial charge >= 0.3 is 0 Å². The maximum absolute atomic E-state index is 11.6. The summed E-state index contributed by atoms with van der Waals surface area (Å²) in [5.74, 6) is 0.249. The first kappa shape index (κ1) is 11.0. The van der Waals surface area contributed by atoms with Gasteiger partial charge in [-0.2, -0.15) is 0 Å². The molecule has 0 spiro atoms. The number of hydrogen-bond acceptors (Lipinski definition) is 2. The van der Waals surface area contributed by atoms with E-state index in [1.807, 2.05) is 17.0 Å². The Morgan fingerprint density at radius 2 is 2.25 bits per heavy atom. The minimum atomic E-state index is 0.249. The van der Waals surface area contributed by atoms with Crippen LogP contribution in [-0.4, -0.2) is 19.0 Å². The van der Waals surface area contributed by atoms with Gasteiger partial charge in [0.25, 0.3) is 0 Å². The Morgan fingerprint density at radius 3 is 2.81 bits per heavy atom. The number of nitrogens with zero attached hydrogens (tertiary/aromatic N) is 1. The average Bonchev–Trinajstić information content (AvgIpc) is 2.65. The maximum atomic E-state index is 11.6. The third kappa shape index (κ3) is 2.03. The van der Waals surface area contributed by atoms with Gasteiger partial charge in [-0.05, 0) is 44.0 Å². The Labute approximate surface area is 96.5 Å². The van der Waals surface area contributed by atoms with Crippen molar-refractivity contribution < 1.29 is 4.79 Å². The normalized spacial score (nSPS) is 15.6. The lowest BCUT2D eigenvalue weighted by molar-refractivity contribution is -0.117. The van der Waals surface area contributed by atoms with Crippen molar-refractivity contribution in [1.29, 1.82) is 0 Å². The molecule has 0 radical (unpaired) electrons. The highest BCUT2D eigenvalue weighted by Gasteiger charge is 2.22. The lowest BCUT2D eigenvalue weighted by Gasteiger charge is -2.19. The second kappa shape index (κ2) is 4.56. The van der Waals surface area contributed by atoms with Gasteiger partial charge in [-0.3, -0.25) is 4.79 Å². The van der Waals surface area contributed by atoms with E-state index in [1.165, 1.54) is 0 Å². The summed E-state index contributed by atoms with van der Waals surface area (Å²) < 4.78 is 0. The second-order valence-electron chi connectivity index (χ2n) is 4.18. The van der Waals surface area contributed by atoms with Gasteiger partial charge in [-0.1, -0.05) is 0 Å². The van der Waals surface area contributed by atoms with E-state index in [-0.39, 0.29) is 5.91 Å². The first-order valence-electron chi connectivity index (χ1n) is 5.87. The molecular weight excluding hydrogens is 200 g/mol. The summed E-state index contributed by atoms with van der Waals surface area (Å²) in [5.41, 5.74) is 3.34. The molecule has 1 amide bonds. The van der Waals surface area contributed by atoms with E-state index in [0.717, 1.165) is 36.4 Å². The lowest BCUT2D eigenvalue weighted by Crippen LogP contribution is -2.24. The molecule has 1 aliphatic heterocycles. The van der Waals surface area contributed by atoms with Crippen LogP contribution < -0.4 is 10.2 Å². The second-order valence-corrected chi connectivity index (χ2v) is 4.18. The van der Waals surface area contributed by atoms with Crippen LogP contribution in [0.4, 0.5) is 11.4 Å². The van der Waals surface area contributed by atoms with Crippen molar-refractivity contribution in [1.82, 2.24) is 0 Å². The average molecular weight is 218 g/mol. The van der Waals surface area contributed by atoms with Crippen molar-refractivity contribution in [3.05, 3.63) is 23.8 Å². The van der Waals surface area contributed by atoms with Crippen molar-refractivity contribution >= 4 is 17.3 Å². The summed E-state index contributed by atoms with van der Waals surface area (Å²) in [5, 5.41) is 3.27. The van der Waals surface area contributed by atoms with E-state index < -0.39 is 0 Å². The predicted molar refractivity (Wildman–Crippen MR) is 66.9 cm³/mol. The topological polar surface area (TPSA) is 32.3 Å². The van der Waals surface area contributed by atoms with E-state index in [1.54, 1.807) is 0 Å². The van der Waals surface area contributed by atoms with Crippen molar-refractivity contribution in [3.8, 4) is 0 Å². The third-order valence-electron chi connectivity index (χ3n) is 2.94. The molecule has 0 unspecified atom stereocenters. The summed E-state index contributed by atoms with van der Waals surface area (Å²) >= 11 is 0. The van der Waals surface area contributed by atoms with E-state index in [4.69, 9.17) is 0 Å². The van der Waals surface area contributed by atoms with E-state index in [9.17, 15) is 4.79 Å². The van der Waals surface area contributed by atoms with Crippen LogP contribution in [0.15, 0.2) is 18.2 Å². The van der Waals surface area contributed by atoms with Gasteiger partial charge < -0.3 is 10.2 Å². The zero-order chi connectivity index (χ0) is 11.5. The molecule has 2 rings (SSSR count). The predicted octanol–water partition coefficient (Wildman–Crippen LogP) is 2.55. The monoisotopic (exact) mass is 218 g/mol. The van der Waals surface area contributed by atoms with Crippen LogP contribution in [0.1, 0.15) is 25.3 Å². The number of aryl methyl sites for hydroxylation is 1. The number of amides is 1. The Kier molecular flexibility index (Phi) is 3.13. The number of carbonyl (C=O) groups is 1.